The molecule has 0 fully saturated rings. The maximum absolute atomic E-state index is 11.5. The van der Waals surface area contributed by atoms with Crippen LogP contribution in [0.4, 0.5) is 5.82 Å². The van der Waals surface area contributed by atoms with E-state index in [1.165, 1.54) is 4.68 Å². The van der Waals surface area contributed by atoms with Gasteiger partial charge in [0.2, 0.25) is 0 Å². The zero-order chi connectivity index (χ0) is 17.3. The lowest BCUT2D eigenvalue weighted by Gasteiger charge is -2.15. The Bertz CT molecular complexity index is 771. The summed E-state index contributed by atoms with van der Waals surface area (Å²) in [6.45, 7) is 7.19. The van der Waals surface area contributed by atoms with E-state index in [1.807, 2.05) is 50.2 Å². The van der Waals surface area contributed by atoms with Crippen molar-refractivity contribution < 1.29 is 9.90 Å². The van der Waals surface area contributed by atoms with Crippen molar-refractivity contribution in [2.75, 3.05) is 11.6 Å². The van der Waals surface area contributed by atoms with Crippen LogP contribution in [0.25, 0.3) is 0 Å². The Hall–Kier alpha value is -2.67. The molecule has 0 aliphatic carbocycles. The number of aromatic nitrogens is 3. The average Bonchev–Trinajstić information content (AvgIpc) is 3.16. The van der Waals surface area contributed by atoms with Crippen molar-refractivity contribution in [2.24, 2.45) is 0 Å². The van der Waals surface area contributed by atoms with Crippen LogP contribution >= 0.6 is 0 Å². The van der Waals surface area contributed by atoms with Crippen molar-refractivity contribution in [2.45, 2.75) is 32.7 Å². The van der Waals surface area contributed by atoms with E-state index in [2.05, 4.69) is 15.5 Å². The monoisotopic (exact) mass is 327 g/mol. The number of aromatic carboxylic acids is 1. The summed E-state index contributed by atoms with van der Waals surface area (Å²) in [5.74, 6) is -0.184. The summed E-state index contributed by atoms with van der Waals surface area (Å²) in [7, 11) is 0. The van der Waals surface area contributed by atoms with Gasteiger partial charge in [-0.15, -0.1) is 0 Å². The van der Waals surface area contributed by atoms with Crippen LogP contribution in [0.2, 0.25) is 0 Å². The molecule has 3 heterocycles. The summed E-state index contributed by atoms with van der Waals surface area (Å²) in [5, 5.41) is 15.7. The molecular weight excluding hydrogens is 306 g/mol. The number of hydrazine groups is 1. The van der Waals surface area contributed by atoms with Crippen LogP contribution in [-0.2, 0) is 12.0 Å². The second-order valence-electron chi connectivity index (χ2n) is 6.77. The van der Waals surface area contributed by atoms with E-state index >= 15 is 0 Å². The molecule has 0 atom stereocenters. The van der Waals surface area contributed by atoms with Crippen molar-refractivity contribution >= 4 is 11.8 Å². The molecule has 24 heavy (non-hydrogen) atoms. The highest BCUT2D eigenvalue weighted by atomic mass is 16.4. The van der Waals surface area contributed by atoms with Gasteiger partial charge >= 0.3 is 5.97 Å². The van der Waals surface area contributed by atoms with Crippen LogP contribution in [0.3, 0.4) is 0 Å². The Kier molecular flexibility index (Phi) is 4.11. The third-order valence-corrected chi connectivity index (χ3v) is 3.79. The van der Waals surface area contributed by atoms with E-state index in [4.69, 9.17) is 0 Å². The second-order valence-corrected chi connectivity index (χ2v) is 6.77. The van der Waals surface area contributed by atoms with Crippen molar-refractivity contribution in [1.82, 2.24) is 20.2 Å². The Morgan fingerprint density at radius 1 is 1.38 bits per heavy atom. The number of carboxylic acids is 1. The Morgan fingerprint density at radius 3 is 2.71 bits per heavy atom. The number of carboxylic acid groups (broad SMARTS) is 1. The second kappa shape index (κ2) is 6.09. The summed E-state index contributed by atoms with van der Waals surface area (Å²) < 4.78 is 1.52. The lowest BCUT2D eigenvalue weighted by atomic mass is 9.92. The van der Waals surface area contributed by atoms with Crippen LogP contribution in [0.15, 0.2) is 36.7 Å². The van der Waals surface area contributed by atoms with Gasteiger partial charge in [-0.1, -0.05) is 32.9 Å². The zero-order valence-electron chi connectivity index (χ0n) is 14.0. The van der Waals surface area contributed by atoms with Gasteiger partial charge in [0.05, 0.1) is 12.2 Å². The first-order chi connectivity index (χ1) is 11.3. The standard InChI is InChI=1S/C17H21N5O2/c1-17(2,3)14-9-13(16(23)24)22(20-14)11-12-5-6-15(18-10-12)21-8-4-7-19-21/h4-6,8-10,19H,7,11H2,1-3H3,(H,23,24). The van der Waals surface area contributed by atoms with Crippen LogP contribution in [0, 0.1) is 0 Å². The molecule has 2 aromatic heterocycles. The van der Waals surface area contributed by atoms with Crippen molar-refractivity contribution in [3.8, 4) is 0 Å². The first kappa shape index (κ1) is 16.2. The van der Waals surface area contributed by atoms with Gasteiger partial charge in [-0.25, -0.2) is 15.2 Å². The summed E-state index contributed by atoms with van der Waals surface area (Å²) in [4.78, 5) is 15.9. The summed E-state index contributed by atoms with van der Waals surface area (Å²) in [5.41, 5.74) is 4.79. The lowest BCUT2D eigenvalue weighted by Crippen LogP contribution is -2.28. The largest absolute Gasteiger partial charge is 0.477 e. The molecule has 3 rings (SSSR count). The highest BCUT2D eigenvalue weighted by Gasteiger charge is 2.22. The molecule has 0 unspecified atom stereocenters. The van der Waals surface area contributed by atoms with E-state index < -0.39 is 5.97 Å². The van der Waals surface area contributed by atoms with Crippen molar-refractivity contribution in [1.29, 1.82) is 0 Å². The van der Waals surface area contributed by atoms with Gasteiger partial charge < -0.3 is 5.11 Å². The number of anilines is 1. The van der Waals surface area contributed by atoms with Gasteiger partial charge in [0.1, 0.15) is 11.5 Å². The number of hydrogen-bond acceptors (Lipinski definition) is 5. The molecule has 2 aromatic rings. The minimum Gasteiger partial charge on any atom is -0.477 e. The van der Waals surface area contributed by atoms with Crippen LogP contribution in [-0.4, -0.2) is 32.4 Å². The lowest BCUT2D eigenvalue weighted by molar-refractivity contribution is 0.0684. The molecule has 0 radical (unpaired) electrons. The molecule has 0 saturated heterocycles. The van der Waals surface area contributed by atoms with E-state index in [1.54, 1.807) is 12.3 Å². The SMILES string of the molecule is CC(C)(C)c1cc(C(=O)O)n(Cc2ccc(N3C=CCN3)nc2)n1. The molecule has 126 valence electrons. The predicted molar refractivity (Wildman–Crippen MR) is 90.8 cm³/mol. The number of hydrogen-bond donors (Lipinski definition) is 2. The molecule has 0 amide bonds. The van der Waals surface area contributed by atoms with E-state index in [9.17, 15) is 9.90 Å². The van der Waals surface area contributed by atoms with Crippen LogP contribution in [0.5, 0.6) is 0 Å². The molecule has 1 aliphatic rings. The summed E-state index contributed by atoms with van der Waals surface area (Å²) in [6.07, 6.45) is 5.67. The zero-order valence-corrected chi connectivity index (χ0v) is 14.0. The van der Waals surface area contributed by atoms with E-state index in [0.717, 1.165) is 23.6 Å². The smallest absolute Gasteiger partial charge is 0.354 e. The first-order valence-corrected chi connectivity index (χ1v) is 7.80. The Morgan fingerprint density at radius 2 is 2.17 bits per heavy atom. The molecule has 1 aliphatic heterocycles. The maximum atomic E-state index is 11.5. The highest BCUT2D eigenvalue weighted by molar-refractivity contribution is 5.85. The number of nitrogens with one attached hydrogen (secondary N) is 1. The molecule has 0 aromatic carbocycles. The number of rotatable bonds is 4. The van der Waals surface area contributed by atoms with Crippen molar-refractivity contribution in [3.05, 3.63) is 53.6 Å². The molecular formula is C17H21N5O2. The maximum Gasteiger partial charge on any atom is 0.354 e. The Balaban J connectivity index is 1.83. The van der Waals surface area contributed by atoms with Gasteiger partial charge in [-0.2, -0.15) is 5.10 Å². The molecule has 7 heteroatoms. The van der Waals surface area contributed by atoms with Gasteiger partial charge in [-0.05, 0) is 17.7 Å². The molecule has 2 N–H and O–H groups in total. The molecule has 0 saturated carbocycles. The average molecular weight is 327 g/mol. The topological polar surface area (TPSA) is 83.3 Å². The quantitative estimate of drug-likeness (QED) is 0.895. The van der Waals surface area contributed by atoms with Crippen molar-refractivity contribution in [3.63, 3.8) is 0 Å². The molecule has 0 spiro atoms. The third kappa shape index (κ3) is 3.30. The van der Waals surface area contributed by atoms with Gasteiger partial charge in [0.15, 0.2) is 0 Å². The Labute approximate surface area is 140 Å². The third-order valence-electron chi connectivity index (χ3n) is 3.79. The van der Waals surface area contributed by atoms with Gasteiger partial charge in [0, 0.05) is 24.4 Å². The fourth-order valence-electron chi connectivity index (χ4n) is 2.42. The highest BCUT2D eigenvalue weighted by Crippen LogP contribution is 2.22. The van der Waals surface area contributed by atoms with E-state index in [-0.39, 0.29) is 11.1 Å². The minimum absolute atomic E-state index is 0.188. The molecule has 7 nitrogen and oxygen atoms in total. The van der Waals surface area contributed by atoms with Crippen LogP contribution in [0.1, 0.15) is 42.5 Å². The van der Waals surface area contributed by atoms with Gasteiger partial charge in [0.25, 0.3) is 0 Å². The predicted octanol–water partition coefficient (Wildman–Crippen LogP) is 2.16. The molecule has 0 bridgehead atoms. The fourth-order valence-corrected chi connectivity index (χ4v) is 2.42. The van der Waals surface area contributed by atoms with E-state index in [0.29, 0.717) is 6.54 Å². The number of pyridine rings is 1. The number of carbonyl (C=O) groups is 1. The minimum atomic E-state index is -0.978. The first-order valence-electron chi connectivity index (χ1n) is 7.80. The summed E-state index contributed by atoms with van der Waals surface area (Å²) in [6, 6.07) is 5.47. The fraction of sp³-hybridized carbons (Fsp3) is 0.353. The summed E-state index contributed by atoms with van der Waals surface area (Å²) >= 11 is 0. The van der Waals surface area contributed by atoms with Gasteiger partial charge in [-0.3, -0.25) is 9.69 Å². The van der Waals surface area contributed by atoms with Crippen LogP contribution < -0.4 is 10.4 Å². The normalized spacial score (nSPS) is 14.4. The number of nitrogens with zero attached hydrogens (tertiary/aromatic N) is 4.